The maximum absolute atomic E-state index is 3.72. The number of halogens is 1. The van der Waals surface area contributed by atoms with Crippen LogP contribution in [0.15, 0.2) is 48.5 Å². The van der Waals surface area contributed by atoms with E-state index in [2.05, 4.69) is 88.3 Å². The Labute approximate surface area is 140 Å². The Bertz CT molecular complexity index is 589. The molecule has 0 bridgehead atoms. The summed E-state index contributed by atoms with van der Waals surface area (Å²) < 4.78 is 1.30. The third-order valence-corrected chi connectivity index (χ3v) is 4.84. The van der Waals surface area contributed by atoms with Gasteiger partial charge in [-0.05, 0) is 78.3 Å². The summed E-state index contributed by atoms with van der Waals surface area (Å²) >= 11 is 2.37. The SMILES string of the molecule is Cc1cc(I)ccc1NC1CCN(c2ccccc2)CC1. The molecule has 1 N–H and O–H groups in total. The number of benzene rings is 2. The summed E-state index contributed by atoms with van der Waals surface area (Å²) in [4.78, 5) is 2.49. The number of para-hydroxylation sites is 1. The normalized spacial score (nSPS) is 16.0. The molecule has 0 aromatic heterocycles. The van der Waals surface area contributed by atoms with Gasteiger partial charge in [0.15, 0.2) is 0 Å². The van der Waals surface area contributed by atoms with Gasteiger partial charge in [0, 0.05) is 34.1 Å². The van der Waals surface area contributed by atoms with E-state index >= 15 is 0 Å². The van der Waals surface area contributed by atoms with Crippen molar-refractivity contribution in [3.8, 4) is 0 Å². The van der Waals surface area contributed by atoms with Crippen molar-refractivity contribution < 1.29 is 0 Å². The topological polar surface area (TPSA) is 15.3 Å². The smallest absolute Gasteiger partial charge is 0.0372 e. The molecule has 2 aromatic rings. The minimum atomic E-state index is 0.587. The van der Waals surface area contributed by atoms with Gasteiger partial charge in [-0.3, -0.25) is 0 Å². The molecular formula is C18H21IN2. The van der Waals surface area contributed by atoms with Crippen LogP contribution in [0.3, 0.4) is 0 Å². The zero-order valence-electron chi connectivity index (χ0n) is 12.3. The molecule has 110 valence electrons. The van der Waals surface area contributed by atoms with Gasteiger partial charge in [0.1, 0.15) is 0 Å². The standard InChI is InChI=1S/C18H21IN2/c1-14-13-15(19)7-8-18(14)20-16-9-11-21(12-10-16)17-5-3-2-4-6-17/h2-8,13,16,20H,9-12H2,1H3. The molecule has 21 heavy (non-hydrogen) atoms. The van der Waals surface area contributed by atoms with Crippen LogP contribution in [0.1, 0.15) is 18.4 Å². The fourth-order valence-corrected chi connectivity index (χ4v) is 3.58. The van der Waals surface area contributed by atoms with Gasteiger partial charge in [-0.15, -0.1) is 0 Å². The molecule has 0 unspecified atom stereocenters. The van der Waals surface area contributed by atoms with Crippen LogP contribution in [-0.2, 0) is 0 Å². The highest BCUT2D eigenvalue weighted by atomic mass is 127. The van der Waals surface area contributed by atoms with E-state index in [-0.39, 0.29) is 0 Å². The van der Waals surface area contributed by atoms with Gasteiger partial charge in [0.2, 0.25) is 0 Å². The summed E-state index contributed by atoms with van der Waals surface area (Å²) in [6.45, 7) is 4.44. The second-order valence-corrected chi connectivity index (χ2v) is 6.95. The Morgan fingerprint density at radius 3 is 2.43 bits per heavy atom. The molecule has 2 aromatic carbocycles. The number of nitrogens with zero attached hydrogens (tertiary/aromatic N) is 1. The van der Waals surface area contributed by atoms with Crippen molar-refractivity contribution in [1.82, 2.24) is 0 Å². The van der Waals surface area contributed by atoms with Crippen LogP contribution in [0.4, 0.5) is 11.4 Å². The van der Waals surface area contributed by atoms with Crippen molar-refractivity contribution in [1.29, 1.82) is 0 Å². The first-order chi connectivity index (χ1) is 10.2. The molecule has 1 saturated heterocycles. The van der Waals surface area contributed by atoms with E-state index in [0.29, 0.717) is 6.04 Å². The molecule has 0 radical (unpaired) electrons. The summed E-state index contributed by atoms with van der Waals surface area (Å²) in [6, 6.07) is 17.9. The maximum atomic E-state index is 3.72. The number of aryl methyl sites for hydroxylation is 1. The number of piperidine rings is 1. The molecule has 1 heterocycles. The van der Waals surface area contributed by atoms with E-state index in [4.69, 9.17) is 0 Å². The lowest BCUT2D eigenvalue weighted by Gasteiger charge is -2.34. The third kappa shape index (κ3) is 3.70. The first-order valence-corrected chi connectivity index (χ1v) is 8.63. The molecule has 1 fully saturated rings. The molecular weight excluding hydrogens is 371 g/mol. The average molecular weight is 392 g/mol. The van der Waals surface area contributed by atoms with Crippen molar-refractivity contribution in [3.63, 3.8) is 0 Å². The summed E-state index contributed by atoms with van der Waals surface area (Å²) in [5.74, 6) is 0. The lowest BCUT2D eigenvalue weighted by atomic mass is 10.0. The minimum Gasteiger partial charge on any atom is -0.382 e. The number of hydrogen-bond donors (Lipinski definition) is 1. The van der Waals surface area contributed by atoms with E-state index in [1.807, 2.05) is 0 Å². The maximum Gasteiger partial charge on any atom is 0.0372 e. The van der Waals surface area contributed by atoms with E-state index in [9.17, 15) is 0 Å². The van der Waals surface area contributed by atoms with E-state index in [1.54, 1.807) is 0 Å². The van der Waals surface area contributed by atoms with Crippen molar-refractivity contribution >= 4 is 34.0 Å². The minimum absolute atomic E-state index is 0.587. The second kappa shape index (κ2) is 6.69. The number of rotatable bonds is 3. The monoisotopic (exact) mass is 392 g/mol. The number of nitrogens with one attached hydrogen (secondary N) is 1. The lowest BCUT2D eigenvalue weighted by Crippen LogP contribution is -2.39. The predicted octanol–water partition coefficient (Wildman–Crippen LogP) is 4.68. The Kier molecular flexibility index (Phi) is 4.68. The molecule has 0 atom stereocenters. The highest BCUT2D eigenvalue weighted by molar-refractivity contribution is 14.1. The first kappa shape index (κ1) is 14.7. The Morgan fingerprint density at radius 1 is 1.05 bits per heavy atom. The average Bonchev–Trinajstić information content (AvgIpc) is 2.52. The van der Waals surface area contributed by atoms with Crippen LogP contribution in [0.25, 0.3) is 0 Å². The molecule has 0 aliphatic carbocycles. The predicted molar refractivity (Wildman–Crippen MR) is 99.2 cm³/mol. The zero-order valence-corrected chi connectivity index (χ0v) is 14.5. The molecule has 0 saturated carbocycles. The highest BCUT2D eigenvalue weighted by Gasteiger charge is 2.19. The third-order valence-electron chi connectivity index (χ3n) is 4.16. The molecule has 3 heteroatoms. The summed E-state index contributed by atoms with van der Waals surface area (Å²) in [7, 11) is 0. The van der Waals surface area contributed by atoms with Gasteiger partial charge in [-0.1, -0.05) is 18.2 Å². The van der Waals surface area contributed by atoms with Crippen molar-refractivity contribution in [2.75, 3.05) is 23.3 Å². The first-order valence-electron chi connectivity index (χ1n) is 7.55. The van der Waals surface area contributed by atoms with E-state index in [0.717, 1.165) is 13.1 Å². The van der Waals surface area contributed by atoms with Crippen LogP contribution >= 0.6 is 22.6 Å². The quantitative estimate of drug-likeness (QED) is 0.764. The highest BCUT2D eigenvalue weighted by Crippen LogP contribution is 2.24. The summed E-state index contributed by atoms with van der Waals surface area (Å²) in [6.07, 6.45) is 2.39. The van der Waals surface area contributed by atoms with Crippen molar-refractivity contribution in [2.45, 2.75) is 25.8 Å². The second-order valence-electron chi connectivity index (χ2n) is 5.70. The van der Waals surface area contributed by atoms with Crippen LogP contribution in [0.5, 0.6) is 0 Å². The molecule has 3 rings (SSSR count). The summed E-state index contributed by atoms with van der Waals surface area (Å²) in [5, 5.41) is 3.72. The van der Waals surface area contributed by atoms with Crippen LogP contribution in [0.2, 0.25) is 0 Å². The van der Waals surface area contributed by atoms with Crippen molar-refractivity contribution in [2.24, 2.45) is 0 Å². The molecule has 1 aliphatic rings. The van der Waals surface area contributed by atoms with Gasteiger partial charge in [-0.25, -0.2) is 0 Å². The molecule has 0 spiro atoms. The van der Waals surface area contributed by atoms with Gasteiger partial charge >= 0.3 is 0 Å². The lowest BCUT2D eigenvalue weighted by molar-refractivity contribution is 0.526. The molecule has 0 amide bonds. The van der Waals surface area contributed by atoms with Gasteiger partial charge < -0.3 is 10.2 Å². The largest absolute Gasteiger partial charge is 0.382 e. The fourth-order valence-electron chi connectivity index (χ4n) is 2.93. The van der Waals surface area contributed by atoms with Gasteiger partial charge in [0.05, 0.1) is 0 Å². The fraction of sp³-hybridized carbons (Fsp3) is 0.333. The Balaban J connectivity index is 1.59. The molecule has 2 nitrogen and oxygen atoms in total. The number of hydrogen-bond acceptors (Lipinski definition) is 2. The Hall–Kier alpha value is -1.23. The summed E-state index contributed by atoms with van der Waals surface area (Å²) in [5.41, 5.74) is 3.97. The van der Waals surface area contributed by atoms with Gasteiger partial charge in [0.25, 0.3) is 0 Å². The van der Waals surface area contributed by atoms with E-state index < -0.39 is 0 Å². The van der Waals surface area contributed by atoms with Crippen LogP contribution in [-0.4, -0.2) is 19.1 Å². The van der Waals surface area contributed by atoms with Crippen LogP contribution < -0.4 is 10.2 Å². The Morgan fingerprint density at radius 2 is 1.76 bits per heavy atom. The van der Waals surface area contributed by atoms with Crippen LogP contribution in [0, 0.1) is 10.5 Å². The number of anilines is 2. The molecule has 1 aliphatic heterocycles. The van der Waals surface area contributed by atoms with E-state index in [1.165, 1.54) is 33.4 Å². The van der Waals surface area contributed by atoms with Gasteiger partial charge in [-0.2, -0.15) is 0 Å². The van der Waals surface area contributed by atoms with Crippen molar-refractivity contribution in [3.05, 3.63) is 57.7 Å². The zero-order chi connectivity index (χ0) is 14.7.